The second-order valence-corrected chi connectivity index (χ2v) is 9.63. The lowest BCUT2D eigenvalue weighted by Gasteiger charge is -2.15. The van der Waals surface area contributed by atoms with Crippen molar-refractivity contribution in [2.45, 2.75) is 0 Å². The Kier molecular flexibility index (Phi) is 8.09. The number of urea groups is 2. The lowest BCUT2D eigenvalue weighted by Crippen LogP contribution is -2.24. The number of carbonyl (C=O) groups excluding carboxylic acids is 3. The van der Waals surface area contributed by atoms with Gasteiger partial charge in [-0.15, -0.1) is 0 Å². The third kappa shape index (κ3) is 6.98. The molecule has 12 nitrogen and oxygen atoms in total. The molecule has 2 heterocycles. The molecule has 3 aromatic rings. The Labute approximate surface area is 237 Å². The summed E-state index contributed by atoms with van der Waals surface area (Å²) in [5.41, 5.74) is 3.85. The zero-order valence-corrected chi connectivity index (χ0v) is 22.7. The molecule has 3 aromatic carbocycles. The normalized spacial score (nSPS) is 13.7. The monoisotopic (exact) mass is 553 g/mol. The highest BCUT2D eigenvalue weighted by Gasteiger charge is 2.15. The first-order chi connectivity index (χ1) is 19.8. The van der Waals surface area contributed by atoms with Gasteiger partial charge in [-0.2, -0.15) is 0 Å². The molecule has 0 aromatic heterocycles. The van der Waals surface area contributed by atoms with Crippen molar-refractivity contribution in [3.8, 4) is 0 Å². The Morgan fingerprint density at radius 3 is 1.54 bits per heavy atom. The molecule has 0 aliphatic carbocycles. The first-order valence-corrected chi connectivity index (χ1v) is 13.1. The smallest absolute Gasteiger partial charge is 0.323 e. The van der Waals surface area contributed by atoms with E-state index in [0.717, 1.165) is 35.9 Å². The van der Waals surface area contributed by atoms with Crippen LogP contribution in [0.15, 0.2) is 76.7 Å². The molecule has 12 heteroatoms. The molecule has 0 fully saturated rings. The average Bonchev–Trinajstić information content (AvgIpc) is 3.68. The molecule has 2 aliphatic rings. The highest BCUT2D eigenvalue weighted by Crippen LogP contribution is 2.22. The lowest BCUT2D eigenvalue weighted by molar-refractivity contribution is 0.0827. The number of amides is 5. The van der Waals surface area contributed by atoms with Gasteiger partial charge in [0.15, 0.2) is 0 Å². The van der Waals surface area contributed by atoms with Gasteiger partial charge in [0.2, 0.25) is 0 Å². The van der Waals surface area contributed by atoms with Gasteiger partial charge in [0.25, 0.3) is 5.91 Å². The average molecular weight is 554 g/mol. The Morgan fingerprint density at radius 2 is 1.12 bits per heavy atom. The van der Waals surface area contributed by atoms with Crippen LogP contribution in [0.3, 0.4) is 0 Å². The molecule has 5 amide bonds. The molecule has 6 N–H and O–H groups in total. The van der Waals surface area contributed by atoms with Crippen molar-refractivity contribution in [2.24, 2.45) is 9.98 Å². The maximum absolute atomic E-state index is 12.9. The van der Waals surface area contributed by atoms with E-state index in [1.165, 1.54) is 4.90 Å². The van der Waals surface area contributed by atoms with Crippen LogP contribution in [0.1, 0.15) is 21.5 Å². The molecule has 0 unspecified atom stereocenters. The predicted octanol–water partition coefficient (Wildman–Crippen LogP) is 3.38. The highest BCUT2D eigenvalue weighted by atomic mass is 16.2. The number of carbonyl (C=O) groups is 3. The first-order valence-electron chi connectivity index (χ1n) is 13.1. The van der Waals surface area contributed by atoms with E-state index in [1.807, 2.05) is 36.4 Å². The van der Waals surface area contributed by atoms with E-state index in [9.17, 15) is 14.4 Å². The molecule has 0 radical (unpaired) electrons. The van der Waals surface area contributed by atoms with Crippen molar-refractivity contribution in [1.82, 2.24) is 15.5 Å². The maximum Gasteiger partial charge on any atom is 0.323 e. The molecular weight excluding hydrogens is 522 g/mol. The second-order valence-electron chi connectivity index (χ2n) is 9.63. The SMILES string of the molecule is CN(C)C(=O)c1cc(NC(=O)Nc2cccc(C3=NCCN3)c2)cc(NC(=O)Nc2cccc(C3=NCCN3)c2)c1. The summed E-state index contributed by atoms with van der Waals surface area (Å²) >= 11 is 0. The van der Waals surface area contributed by atoms with Crippen LogP contribution in [-0.4, -0.2) is 74.8 Å². The number of anilines is 4. The summed E-state index contributed by atoms with van der Waals surface area (Å²) in [6, 6.07) is 18.3. The van der Waals surface area contributed by atoms with E-state index in [4.69, 9.17) is 0 Å². The molecule has 0 atom stereocenters. The van der Waals surface area contributed by atoms with Crippen LogP contribution >= 0.6 is 0 Å². The van der Waals surface area contributed by atoms with Gasteiger partial charge in [-0.05, 0) is 42.5 Å². The van der Waals surface area contributed by atoms with Gasteiger partial charge < -0.3 is 36.8 Å². The number of amidine groups is 2. The fraction of sp³-hybridized carbons (Fsp3) is 0.207. The third-order valence-electron chi connectivity index (χ3n) is 6.24. The molecule has 5 rings (SSSR count). The fourth-order valence-corrected chi connectivity index (χ4v) is 4.41. The molecule has 41 heavy (non-hydrogen) atoms. The Bertz CT molecular complexity index is 1450. The molecule has 0 saturated carbocycles. The topological polar surface area (TPSA) is 151 Å². The van der Waals surface area contributed by atoms with Crippen molar-refractivity contribution in [2.75, 3.05) is 61.5 Å². The van der Waals surface area contributed by atoms with Crippen LogP contribution in [0, 0.1) is 0 Å². The quantitative estimate of drug-likeness (QED) is 0.265. The van der Waals surface area contributed by atoms with Crippen LogP contribution in [0.4, 0.5) is 32.3 Å². The van der Waals surface area contributed by atoms with Crippen LogP contribution in [0.5, 0.6) is 0 Å². The minimum absolute atomic E-state index is 0.285. The van der Waals surface area contributed by atoms with Gasteiger partial charge in [0.1, 0.15) is 11.7 Å². The Hall–Kier alpha value is -5.39. The second kappa shape index (κ2) is 12.2. The fourth-order valence-electron chi connectivity index (χ4n) is 4.41. The number of hydrogen-bond acceptors (Lipinski definition) is 7. The van der Waals surface area contributed by atoms with Crippen LogP contribution in [0.25, 0.3) is 0 Å². The van der Waals surface area contributed by atoms with E-state index >= 15 is 0 Å². The summed E-state index contributed by atoms with van der Waals surface area (Å²) in [5, 5.41) is 17.5. The maximum atomic E-state index is 12.9. The van der Waals surface area contributed by atoms with Crippen LogP contribution in [-0.2, 0) is 0 Å². The zero-order valence-electron chi connectivity index (χ0n) is 22.7. The van der Waals surface area contributed by atoms with Gasteiger partial charge in [-0.3, -0.25) is 14.8 Å². The lowest BCUT2D eigenvalue weighted by atomic mass is 10.1. The molecule has 210 valence electrons. The van der Waals surface area contributed by atoms with Crippen molar-refractivity contribution < 1.29 is 14.4 Å². The van der Waals surface area contributed by atoms with E-state index < -0.39 is 12.1 Å². The van der Waals surface area contributed by atoms with Crippen molar-refractivity contribution in [3.05, 3.63) is 83.4 Å². The number of benzene rings is 3. The molecule has 0 bridgehead atoms. The van der Waals surface area contributed by atoms with Gasteiger partial charge in [-0.25, -0.2) is 9.59 Å². The number of nitrogens with zero attached hydrogens (tertiary/aromatic N) is 3. The summed E-state index contributed by atoms with van der Waals surface area (Å²) in [5.74, 6) is 1.29. The van der Waals surface area contributed by atoms with E-state index in [2.05, 4.69) is 41.9 Å². The van der Waals surface area contributed by atoms with Gasteiger partial charge in [-0.1, -0.05) is 24.3 Å². The summed E-state index contributed by atoms with van der Waals surface area (Å²) < 4.78 is 0. The van der Waals surface area contributed by atoms with Crippen molar-refractivity contribution in [3.63, 3.8) is 0 Å². The van der Waals surface area contributed by atoms with Crippen molar-refractivity contribution in [1.29, 1.82) is 0 Å². The Morgan fingerprint density at radius 1 is 0.659 bits per heavy atom. The van der Waals surface area contributed by atoms with Crippen LogP contribution < -0.4 is 31.9 Å². The van der Waals surface area contributed by atoms with Crippen LogP contribution in [0.2, 0.25) is 0 Å². The summed E-state index contributed by atoms with van der Waals surface area (Å²) in [6.45, 7) is 2.99. The third-order valence-corrected chi connectivity index (χ3v) is 6.24. The number of aliphatic imine (C=N–C) groups is 2. The number of hydrogen-bond donors (Lipinski definition) is 6. The molecule has 0 spiro atoms. The molecular formula is C29H31N9O3. The predicted molar refractivity (Wildman–Crippen MR) is 161 cm³/mol. The largest absolute Gasteiger partial charge is 0.368 e. The number of rotatable bonds is 7. The summed E-state index contributed by atoms with van der Waals surface area (Å²) in [7, 11) is 3.25. The number of nitrogens with one attached hydrogen (secondary N) is 6. The first kappa shape index (κ1) is 27.2. The Balaban J connectivity index is 1.29. The van der Waals surface area contributed by atoms with Gasteiger partial charge >= 0.3 is 12.1 Å². The van der Waals surface area contributed by atoms with E-state index in [0.29, 0.717) is 41.4 Å². The van der Waals surface area contributed by atoms with E-state index in [1.54, 1.807) is 44.4 Å². The van der Waals surface area contributed by atoms with E-state index in [-0.39, 0.29) is 5.91 Å². The standard InChI is InChI=1S/C29H31N9O3/c1-38(2)27(39)20-15-23(36-28(40)34-21-7-3-5-18(13-21)25-30-9-10-31-25)17-24(16-20)37-29(41)35-22-8-4-6-19(14-22)26-32-11-12-33-26/h3-8,13-17H,9-12H2,1-2H3,(H,30,31)(H,32,33)(H2,34,36,40)(H2,35,37,41). The zero-order chi connectivity index (χ0) is 28.8. The van der Waals surface area contributed by atoms with Crippen molar-refractivity contribution >= 4 is 52.4 Å². The minimum atomic E-state index is -0.506. The summed E-state index contributed by atoms with van der Waals surface area (Å²) in [6.07, 6.45) is 0. The highest BCUT2D eigenvalue weighted by molar-refractivity contribution is 6.06. The molecule has 2 aliphatic heterocycles. The summed E-state index contributed by atoms with van der Waals surface area (Å²) in [4.78, 5) is 48.7. The van der Waals surface area contributed by atoms with Gasteiger partial charge in [0.05, 0.1) is 13.1 Å². The molecule has 0 saturated heterocycles. The van der Waals surface area contributed by atoms with Gasteiger partial charge in [0, 0.05) is 66.6 Å². The minimum Gasteiger partial charge on any atom is -0.368 e.